The summed E-state index contributed by atoms with van der Waals surface area (Å²) in [5, 5.41) is 9.22. The summed E-state index contributed by atoms with van der Waals surface area (Å²) in [7, 11) is -3.71. The quantitative estimate of drug-likeness (QED) is 0.674. The molecule has 0 bridgehead atoms. The molecule has 0 saturated carbocycles. The molecular formula is C19H21N5O3S. The summed E-state index contributed by atoms with van der Waals surface area (Å²) >= 11 is 0. The first-order valence-corrected chi connectivity index (χ1v) is 10.5. The van der Waals surface area contributed by atoms with Crippen LogP contribution < -0.4 is 10.5 Å². The molecular weight excluding hydrogens is 378 g/mol. The Kier molecular flexibility index (Phi) is 5.23. The second kappa shape index (κ2) is 7.80. The average Bonchev–Trinajstić information content (AvgIpc) is 2.69. The van der Waals surface area contributed by atoms with Crippen molar-refractivity contribution in [2.75, 3.05) is 31.6 Å². The number of aromatic nitrogens is 2. The van der Waals surface area contributed by atoms with Crippen LogP contribution >= 0.6 is 0 Å². The lowest BCUT2D eigenvalue weighted by Crippen LogP contribution is -2.35. The number of fused-ring (bicyclic) bond motifs is 1. The minimum atomic E-state index is -3.71. The standard InChI is InChI=1S/C19H21N5O3S/c20-28(25,26)17-6-4-16(5-7-17)22-19-21-12-14-2-1-3-15(18(14)23-19)13-24-8-10-27-11-9-24/h1-7,12H,8-11,13H2,(H2,20,25,26)(H,21,22,23). The maximum Gasteiger partial charge on any atom is 0.238 e. The van der Waals surface area contributed by atoms with Gasteiger partial charge in [0.05, 0.1) is 23.6 Å². The van der Waals surface area contributed by atoms with Crippen molar-refractivity contribution in [1.29, 1.82) is 0 Å². The zero-order valence-electron chi connectivity index (χ0n) is 15.2. The maximum atomic E-state index is 11.4. The smallest absolute Gasteiger partial charge is 0.238 e. The maximum absolute atomic E-state index is 11.4. The first-order valence-electron chi connectivity index (χ1n) is 8.94. The summed E-state index contributed by atoms with van der Waals surface area (Å²) in [6.07, 6.45) is 1.78. The van der Waals surface area contributed by atoms with Crippen molar-refractivity contribution in [1.82, 2.24) is 14.9 Å². The molecule has 0 spiro atoms. The number of morpholine rings is 1. The van der Waals surface area contributed by atoms with Gasteiger partial charge in [-0.3, -0.25) is 4.90 Å². The largest absolute Gasteiger partial charge is 0.379 e. The number of rotatable bonds is 5. The summed E-state index contributed by atoms with van der Waals surface area (Å²) in [5.74, 6) is 0.449. The van der Waals surface area contributed by atoms with Crippen LogP contribution in [0.3, 0.4) is 0 Å². The van der Waals surface area contributed by atoms with Gasteiger partial charge in [0.1, 0.15) is 0 Å². The van der Waals surface area contributed by atoms with Gasteiger partial charge in [-0.1, -0.05) is 18.2 Å². The van der Waals surface area contributed by atoms with Crippen molar-refractivity contribution >= 4 is 32.6 Å². The van der Waals surface area contributed by atoms with Gasteiger partial charge in [0.25, 0.3) is 0 Å². The third kappa shape index (κ3) is 4.28. The number of nitrogens with zero attached hydrogens (tertiary/aromatic N) is 3. The Morgan fingerprint density at radius 1 is 1.11 bits per heavy atom. The second-order valence-corrected chi connectivity index (χ2v) is 8.19. The van der Waals surface area contributed by atoms with Crippen LogP contribution in [0.15, 0.2) is 53.6 Å². The monoisotopic (exact) mass is 399 g/mol. The Morgan fingerprint density at radius 2 is 1.86 bits per heavy atom. The summed E-state index contributed by atoms with van der Waals surface area (Å²) in [6, 6.07) is 12.2. The molecule has 2 aromatic carbocycles. The average molecular weight is 399 g/mol. The molecule has 4 rings (SSSR count). The van der Waals surface area contributed by atoms with E-state index < -0.39 is 10.0 Å². The van der Waals surface area contributed by atoms with Crippen LogP contribution in [0.2, 0.25) is 0 Å². The molecule has 2 heterocycles. The van der Waals surface area contributed by atoms with E-state index in [9.17, 15) is 8.42 Å². The molecule has 3 aromatic rings. The zero-order valence-corrected chi connectivity index (χ0v) is 16.0. The van der Waals surface area contributed by atoms with E-state index in [4.69, 9.17) is 9.88 Å². The van der Waals surface area contributed by atoms with Crippen LogP contribution in [0.1, 0.15) is 5.56 Å². The van der Waals surface area contributed by atoms with Crippen molar-refractivity contribution in [3.63, 3.8) is 0 Å². The van der Waals surface area contributed by atoms with E-state index >= 15 is 0 Å². The highest BCUT2D eigenvalue weighted by Crippen LogP contribution is 2.22. The predicted octanol–water partition coefficient (Wildman–Crippen LogP) is 1.85. The van der Waals surface area contributed by atoms with Crippen molar-refractivity contribution in [3.8, 4) is 0 Å². The Labute approximate surface area is 163 Å². The van der Waals surface area contributed by atoms with Crippen molar-refractivity contribution in [3.05, 3.63) is 54.2 Å². The molecule has 9 heteroatoms. The first-order chi connectivity index (χ1) is 13.5. The predicted molar refractivity (Wildman–Crippen MR) is 107 cm³/mol. The molecule has 1 aliphatic rings. The number of sulfonamides is 1. The molecule has 146 valence electrons. The Bertz CT molecular complexity index is 1080. The SMILES string of the molecule is NS(=O)(=O)c1ccc(Nc2ncc3cccc(CN4CCOCC4)c3n2)cc1. The Morgan fingerprint density at radius 3 is 2.57 bits per heavy atom. The van der Waals surface area contributed by atoms with Gasteiger partial charge in [-0.25, -0.2) is 23.5 Å². The van der Waals surface area contributed by atoms with Gasteiger partial charge in [-0.2, -0.15) is 0 Å². The number of benzene rings is 2. The van der Waals surface area contributed by atoms with Gasteiger partial charge in [0.15, 0.2) is 0 Å². The van der Waals surface area contributed by atoms with Crippen LogP contribution in [0.5, 0.6) is 0 Å². The van der Waals surface area contributed by atoms with Crippen LogP contribution in [0.25, 0.3) is 10.9 Å². The first kappa shape index (κ1) is 18.8. The molecule has 8 nitrogen and oxygen atoms in total. The lowest BCUT2D eigenvalue weighted by atomic mass is 10.1. The van der Waals surface area contributed by atoms with E-state index in [1.165, 1.54) is 12.1 Å². The lowest BCUT2D eigenvalue weighted by molar-refractivity contribution is 0.0343. The number of nitrogens with two attached hydrogens (primary N) is 1. The molecule has 0 aliphatic carbocycles. The molecule has 0 amide bonds. The summed E-state index contributed by atoms with van der Waals surface area (Å²) < 4.78 is 28.2. The molecule has 1 aliphatic heterocycles. The summed E-state index contributed by atoms with van der Waals surface area (Å²) in [6.45, 7) is 4.12. The van der Waals surface area contributed by atoms with Crippen molar-refractivity contribution in [2.45, 2.75) is 11.4 Å². The molecule has 0 unspecified atom stereocenters. The second-order valence-electron chi connectivity index (χ2n) is 6.63. The van der Waals surface area contributed by atoms with E-state index in [0.717, 1.165) is 49.3 Å². The van der Waals surface area contributed by atoms with Crippen molar-refractivity contribution < 1.29 is 13.2 Å². The fraction of sp³-hybridized carbons (Fsp3) is 0.263. The Hall–Kier alpha value is -2.59. The fourth-order valence-corrected chi connectivity index (χ4v) is 3.68. The number of nitrogens with one attached hydrogen (secondary N) is 1. The van der Waals surface area contributed by atoms with Crippen molar-refractivity contribution in [2.24, 2.45) is 5.14 Å². The number of anilines is 2. The lowest BCUT2D eigenvalue weighted by Gasteiger charge is -2.26. The van der Waals surface area contributed by atoms with Crippen LogP contribution in [-0.4, -0.2) is 49.6 Å². The number of primary sulfonamides is 1. The Balaban J connectivity index is 1.58. The van der Waals surface area contributed by atoms with E-state index in [-0.39, 0.29) is 4.90 Å². The van der Waals surface area contributed by atoms with Gasteiger partial charge in [-0.15, -0.1) is 0 Å². The molecule has 1 fully saturated rings. The van der Waals surface area contributed by atoms with Gasteiger partial charge < -0.3 is 10.1 Å². The normalized spacial score (nSPS) is 15.6. The highest BCUT2D eigenvalue weighted by molar-refractivity contribution is 7.89. The number of hydrogen-bond donors (Lipinski definition) is 2. The van der Waals surface area contributed by atoms with E-state index in [2.05, 4.69) is 26.3 Å². The molecule has 28 heavy (non-hydrogen) atoms. The third-order valence-electron chi connectivity index (χ3n) is 4.63. The van der Waals surface area contributed by atoms with Crippen LogP contribution in [0, 0.1) is 0 Å². The van der Waals surface area contributed by atoms with Gasteiger partial charge in [0, 0.05) is 36.9 Å². The molecule has 3 N–H and O–H groups in total. The van der Waals surface area contributed by atoms with Gasteiger partial charge in [0.2, 0.25) is 16.0 Å². The minimum absolute atomic E-state index is 0.0604. The highest BCUT2D eigenvalue weighted by atomic mass is 32.2. The number of para-hydroxylation sites is 1. The molecule has 1 saturated heterocycles. The third-order valence-corrected chi connectivity index (χ3v) is 5.56. The fourth-order valence-electron chi connectivity index (χ4n) is 3.16. The molecule has 0 radical (unpaired) electrons. The summed E-state index contributed by atoms with van der Waals surface area (Å²) in [4.78, 5) is 11.5. The van der Waals surface area contributed by atoms with E-state index in [0.29, 0.717) is 11.6 Å². The van der Waals surface area contributed by atoms with E-state index in [1.54, 1.807) is 18.3 Å². The van der Waals surface area contributed by atoms with Gasteiger partial charge in [-0.05, 0) is 29.8 Å². The highest BCUT2D eigenvalue weighted by Gasteiger charge is 2.13. The minimum Gasteiger partial charge on any atom is -0.379 e. The molecule has 1 aromatic heterocycles. The van der Waals surface area contributed by atoms with Crippen LogP contribution in [0.4, 0.5) is 11.6 Å². The topological polar surface area (TPSA) is 110 Å². The number of hydrogen-bond acceptors (Lipinski definition) is 7. The zero-order chi connectivity index (χ0) is 19.6. The number of ether oxygens (including phenoxy) is 1. The van der Waals surface area contributed by atoms with E-state index in [1.807, 2.05) is 12.1 Å². The van der Waals surface area contributed by atoms with Crippen LogP contribution in [-0.2, 0) is 21.3 Å². The summed E-state index contributed by atoms with van der Waals surface area (Å²) in [5.41, 5.74) is 2.71. The molecule has 0 atom stereocenters. The van der Waals surface area contributed by atoms with Gasteiger partial charge >= 0.3 is 0 Å².